The minimum atomic E-state index is 0.556. The molecule has 2 heterocycles. The average Bonchev–Trinajstić information content (AvgIpc) is 2.67. The van der Waals surface area contributed by atoms with Crippen LogP contribution >= 0.6 is 0 Å². The van der Waals surface area contributed by atoms with Gasteiger partial charge in [-0.1, -0.05) is 6.92 Å². The minimum Gasteiger partial charge on any atom is -0.397 e. The molecule has 72 valence electrons. The maximum absolute atomic E-state index is 5.75. The molecule has 2 rings (SSSR count). The number of hydrogen-bond donors (Lipinski definition) is 2. The molecule has 0 radical (unpaired) electrons. The number of anilines is 1. The highest BCUT2D eigenvalue weighted by molar-refractivity contribution is 5.66. The largest absolute Gasteiger partial charge is 0.397 e. The van der Waals surface area contributed by atoms with Crippen LogP contribution in [-0.2, 0) is 6.42 Å². The number of pyridine rings is 1. The smallest absolute Gasteiger partial charge is 0.201 e. The number of rotatable bonds is 2. The van der Waals surface area contributed by atoms with E-state index in [-0.39, 0.29) is 0 Å². The third-order valence-corrected chi connectivity index (χ3v) is 1.92. The molecular formula is C9H11N5. The van der Waals surface area contributed by atoms with Crippen LogP contribution in [0, 0.1) is 0 Å². The lowest BCUT2D eigenvalue weighted by Gasteiger charge is -1.97. The van der Waals surface area contributed by atoms with Gasteiger partial charge in [-0.25, -0.2) is 4.98 Å². The molecule has 0 saturated heterocycles. The second-order valence-corrected chi connectivity index (χ2v) is 2.90. The van der Waals surface area contributed by atoms with Crippen molar-refractivity contribution in [2.24, 2.45) is 0 Å². The van der Waals surface area contributed by atoms with Crippen LogP contribution in [0.5, 0.6) is 0 Å². The standard InChI is InChI=1S/C9H11N5/c1-2-7-12-9(14-13-7)8-6(10)4-3-5-11-8/h3-5H,2,10H2,1H3,(H,12,13,14). The van der Waals surface area contributed by atoms with Crippen LogP contribution < -0.4 is 5.73 Å². The fourth-order valence-corrected chi connectivity index (χ4v) is 1.16. The number of aromatic nitrogens is 4. The van der Waals surface area contributed by atoms with Crippen molar-refractivity contribution < 1.29 is 0 Å². The van der Waals surface area contributed by atoms with Gasteiger partial charge in [0.25, 0.3) is 0 Å². The van der Waals surface area contributed by atoms with Crippen molar-refractivity contribution in [3.05, 3.63) is 24.2 Å². The van der Waals surface area contributed by atoms with E-state index in [1.165, 1.54) is 0 Å². The molecule has 0 amide bonds. The highest BCUT2D eigenvalue weighted by Gasteiger charge is 2.08. The molecule has 2 aromatic rings. The summed E-state index contributed by atoms with van der Waals surface area (Å²) >= 11 is 0. The van der Waals surface area contributed by atoms with E-state index in [9.17, 15) is 0 Å². The molecule has 5 heteroatoms. The molecular weight excluding hydrogens is 178 g/mol. The van der Waals surface area contributed by atoms with Gasteiger partial charge < -0.3 is 5.73 Å². The van der Waals surface area contributed by atoms with Crippen LogP contribution in [0.1, 0.15) is 12.7 Å². The van der Waals surface area contributed by atoms with Gasteiger partial charge >= 0.3 is 0 Å². The van der Waals surface area contributed by atoms with E-state index >= 15 is 0 Å². The number of hydrogen-bond acceptors (Lipinski definition) is 4. The van der Waals surface area contributed by atoms with E-state index in [0.29, 0.717) is 17.2 Å². The first kappa shape index (κ1) is 8.68. The van der Waals surface area contributed by atoms with Crippen molar-refractivity contribution in [1.82, 2.24) is 20.2 Å². The van der Waals surface area contributed by atoms with E-state index in [2.05, 4.69) is 20.2 Å². The molecule has 0 fully saturated rings. The number of nitrogens with one attached hydrogen (secondary N) is 1. The number of H-pyrrole nitrogens is 1. The lowest BCUT2D eigenvalue weighted by atomic mass is 10.3. The predicted molar refractivity (Wildman–Crippen MR) is 53.4 cm³/mol. The molecule has 0 atom stereocenters. The van der Waals surface area contributed by atoms with Gasteiger partial charge in [-0.05, 0) is 12.1 Å². The van der Waals surface area contributed by atoms with Gasteiger partial charge in [0, 0.05) is 12.6 Å². The molecule has 3 N–H and O–H groups in total. The Kier molecular flexibility index (Phi) is 2.14. The summed E-state index contributed by atoms with van der Waals surface area (Å²) in [5.74, 6) is 1.39. The number of aryl methyl sites for hydroxylation is 1. The summed E-state index contributed by atoms with van der Waals surface area (Å²) in [4.78, 5) is 8.38. The minimum absolute atomic E-state index is 0.556. The van der Waals surface area contributed by atoms with Crippen molar-refractivity contribution in [2.75, 3.05) is 5.73 Å². The van der Waals surface area contributed by atoms with Gasteiger partial charge in [-0.2, -0.15) is 5.10 Å². The SMILES string of the molecule is CCc1nc(-c2ncccc2N)n[nH]1. The Morgan fingerprint density at radius 1 is 1.50 bits per heavy atom. The van der Waals surface area contributed by atoms with Crippen LogP contribution in [0.4, 0.5) is 5.69 Å². The Bertz CT molecular complexity index is 434. The van der Waals surface area contributed by atoms with Gasteiger partial charge in [0.05, 0.1) is 5.69 Å². The maximum atomic E-state index is 5.75. The zero-order valence-electron chi connectivity index (χ0n) is 7.86. The Morgan fingerprint density at radius 2 is 2.36 bits per heavy atom. The summed E-state index contributed by atoms with van der Waals surface area (Å²) < 4.78 is 0. The van der Waals surface area contributed by atoms with Crippen molar-refractivity contribution in [2.45, 2.75) is 13.3 Å². The van der Waals surface area contributed by atoms with Crippen molar-refractivity contribution in [3.63, 3.8) is 0 Å². The van der Waals surface area contributed by atoms with Crippen molar-refractivity contribution in [3.8, 4) is 11.5 Å². The van der Waals surface area contributed by atoms with Gasteiger partial charge in [0.15, 0.2) is 0 Å². The third kappa shape index (κ3) is 1.44. The molecule has 0 aliphatic rings. The Labute approximate surface area is 81.4 Å². The van der Waals surface area contributed by atoms with E-state index < -0.39 is 0 Å². The van der Waals surface area contributed by atoms with Gasteiger partial charge in [-0.15, -0.1) is 0 Å². The number of aromatic amines is 1. The second kappa shape index (κ2) is 3.45. The summed E-state index contributed by atoms with van der Waals surface area (Å²) in [6.07, 6.45) is 2.49. The van der Waals surface area contributed by atoms with Crippen LogP contribution in [0.3, 0.4) is 0 Å². The summed E-state index contributed by atoms with van der Waals surface area (Å²) in [6.45, 7) is 2.01. The fourth-order valence-electron chi connectivity index (χ4n) is 1.16. The maximum Gasteiger partial charge on any atom is 0.201 e. The molecule has 14 heavy (non-hydrogen) atoms. The molecule has 0 aromatic carbocycles. The van der Waals surface area contributed by atoms with Crippen LogP contribution in [0.2, 0.25) is 0 Å². The molecule has 0 bridgehead atoms. The predicted octanol–water partition coefficient (Wildman–Crippen LogP) is 1.01. The highest BCUT2D eigenvalue weighted by atomic mass is 15.2. The molecule has 0 aliphatic carbocycles. The molecule has 5 nitrogen and oxygen atoms in total. The summed E-state index contributed by atoms with van der Waals surface area (Å²) in [5, 5.41) is 6.86. The summed E-state index contributed by atoms with van der Waals surface area (Å²) in [5.41, 5.74) is 6.97. The van der Waals surface area contributed by atoms with E-state index in [1.807, 2.05) is 6.92 Å². The summed E-state index contributed by atoms with van der Waals surface area (Å²) in [6, 6.07) is 3.57. The van der Waals surface area contributed by atoms with E-state index in [1.54, 1.807) is 18.3 Å². The second-order valence-electron chi connectivity index (χ2n) is 2.90. The normalized spacial score (nSPS) is 10.4. The molecule has 2 aromatic heterocycles. The first-order valence-corrected chi connectivity index (χ1v) is 4.43. The number of nitrogen functional groups attached to an aromatic ring is 1. The average molecular weight is 189 g/mol. The molecule has 0 aliphatic heterocycles. The Balaban J connectivity index is 2.44. The molecule has 0 spiro atoms. The first-order valence-electron chi connectivity index (χ1n) is 4.43. The molecule has 0 saturated carbocycles. The fraction of sp³-hybridized carbons (Fsp3) is 0.222. The summed E-state index contributed by atoms with van der Waals surface area (Å²) in [7, 11) is 0. The Morgan fingerprint density at radius 3 is 3.00 bits per heavy atom. The van der Waals surface area contributed by atoms with Gasteiger partial charge in [0.1, 0.15) is 11.5 Å². The Hall–Kier alpha value is -1.91. The van der Waals surface area contributed by atoms with E-state index in [4.69, 9.17) is 5.73 Å². The van der Waals surface area contributed by atoms with Crippen LogP contribution in [0.15, 0.2) is 18.3 Å². The quantitative estimate of drug-likeness (QED) is 0.738. The number of nitrogens with zero attached hydrogens (tertiary/aromatic N) is 3. The lowest BCUT2D eigenvalue weighted by molar-refractivity contribution is 0.946. The zero-order chi connectivity index (χ0) is 9.97. The van der Waals surface area contributed by atoms with Crippen molar-refractivity contribution in [1.29, 1.82) is 0 Å². The first-order chi connectivity index (χ1) is 6.81. The highest BCUT2D eigenvalue weighted by Crippen LogP contribution is 2.18. The van der Waals surface area contributed by atoms with Crippen LogP contribution in [0.25, 0.3) is 11.5 Å². The zero-order valence-corrected chi connectivity index (χ0v) is 7.86. The number of nitrogens with two attached hydrogens (primary N) is 1. The molecule has 0 unspecified atom stereocenters. The van der Waals surface area contributed by atoms with Crippen molar-refractivity contribution >= 4 is 5.69 Å². The van der Waals surface area contributed by atoms with Gasteiger partial charge in [-0.3, -0.25) is 10.1 Å². The lowest BCUT2D eigenvalue weighted by Crippen LogP contribution is -1.93. The van der Waals surface area contributed by atoms with E-state index in [0.717, 1.165) is 12.2 Å². The third-order valence-electron chi connectivity index (χ3n) is 1.92. The topological polar surface area (TPSA) is 80.5 Å². The van der Waals surface area contributed by atoms with Crippen LogP contribution in [-0.4, -0.2) is 20.2 Å². The monoisotopic (exact) mass is 189 g/mol. The van der Waals surface area contributed by atoms with Gasteiger partial charge in [0.2, 0.25) is 5.82 Å².